The summed E-state index contributed by atoms with van der Waals surface area (Å²) in [5, 5.41) is 9.31. The average Bonchev–Trinajstić information content (AvgIpc) is 3.40. The van der Waals surface area contributed by atoms with Gasteiger partial charge in [-0.25, -0.2) is 0 Å². The van der Waals surface area contributed by atoms with Crippen LogP contribution >= 0.6 is 0 Å². The third-order valence-corrected chi connectivity index (χ3v) is 6.62. The van der Waals surface area contributed by atoms with Gasteiger partial charge in [0.05, 0.1) is 0 Å². The molecule has 0 N–H and O–H groups in total. The molecule has 6 rings (SSSR count). The molecular weight excluding hydrogens is 426 g/mol. The molecule has 0 amide bonds. The minimum Gasteiger partial charge on any atom is -0.275 e. The van der Waals surface area contributed by atoms with Crippen LogP contribution in [0.2, 0.25) is 0 Å². The number of nitrogens with zero attached hydrogens (tertiary/aromatic N) is 3. The van der Waals surface area contributed by atoms with Crippen molar-refractivity contribution in [2.45, 2.75) is 25.7 Å². The van der Waals surface area contributed by atoms with Gasteiger partial charge in [0.15, 0.2) is 11.6 Å². The monoisotopic (exact) mass is 453 g/mol. The zero-order valence-electron chi connectivity index (χ0n) is 19.6. The summed E-state index contributed by atoms with van der Waals surface area (Å²) in [4.78, 5) is 0. The molecule has 35 heavy (non-hydrogen) atoms. The largest absolute Gasteiger partial charge is 0.275 e. The highest BCUT2D eigenvalue weighted by atomic mass is 15.3. The lowest BCUT2D eigenvalue weighted by Crippen LogP contribution is -2.00. The van der Waals surface area contributed by atoms with E-state index in [0.717, 1.165) is 54.1 Å². The van der Waals surface area contributed by atoms with E-state index in [4.69, 9.17) is 0 Å². The highest BCUT2D eigenvalue weighted by molar-refractivity contribution is 5.78. The number of rotatable bonds is 5. The number of hydrogen-bond acceptors (Lipinski definition) is 2. The molecule has 170 valence electrons. The van der Waals surface area contributed by atoms with Crippen LogP contribution in [-0.2, 0) is 0 Å². The molecule has 0 spiro atoms. The van der Waals surface area contributed by atoms with Crippen LogP contribution in [0.5, 0.6) is 0 Å². The minimum atomic E-state index is 0.841. The molecule has 0 atom stereocenters. The van der Waals surface area contributed by atoms with Crippen molar-refractivity contribution in [2.24, 2.45) is 0 Å². The second-order valence-electron chi connectivity index (χ2n) is 8.95. The molecule has 3 aromatic carbocycles. The highest BCUT2D eigenvalue weighted by Gasteiger charge is 2.17. The van der Waals surface area contributed by atoms with Crippen LogP contribution in [0.15, 0.2) is 115 Å². The van der Waals surface area contributed by atoms with Gasteiger partial charge in [0.25, 0.3) is 0 Å². The van der Waals surface area contributed by atoms with E-state index in [2.05, 4.69) is 124 Å². The van der Waals surface area contributed by atoms with Crippen LogP contribution in [0, 0.1) is 0 Å². The van der Waals surface area contributed by atoms with Crippen LogP contribution < -0.4 is 0 Å². The van der Waals surface area contributed by atoms with E-state index in [1.54, 1.807) is 0 Å². The molecule has 0 aliphatic heterocycles. The van der Waals surface area contributed by atoms with Crippen molar-refractivity contribution in [3.63, 3.8) is 0 Å². The van der Waals surface area contributed by atoms with Crippen molar-refractivity contribution >= 4 is 11.1 Å². The van der Waals surface area contributed by atoms with Crippen molar-refractivity contribution in [2.75, 3.05) is 0 Å². The second-order valence-corrected chi connectivity index (χ2v) is 8.95. The topological polar surface area (TPSA) is 30.7 Å². The fourth-order valence-electron chi connectivity index (χ4n) is 4.76. The summed E-state index contributed by atoms with van der Waals surface area (Å²) in [6.45, 7) is 0. The van der Waals surface area contributed by atoms with Gasteiger partial charge in [-0.1, -0.05) is 103 Å². The summed E-state index contributed by atoms with van der Waals surface area (Å²) in [5.41, 5.74) is 8.19. The lowest BCUT2D eigenvalue weighted by atomic mass is 9.98. The molecule has 0 fully saturated rings. The maximum atomic E-state index is 4.66. The van der Waals surface area contributed by atoms with E-state index >= 15 is 0 Å². The van der Waals surface area contributed by atoms with E-state index in [0.29, 0.717) is 0 Å². The molecular formula is C32H27N3. The van der Waals surface area contributed by atoms with Crippen molar-refractivity contribution in [1.29, 1.82) is 0 Å². The quantitative estimate of drug-likeness (QED) is 0.306. The summed E-state index contributed by atoms with van der Waals surface area (Å²) in [6, 6.07) is 27.7. The first-order valence-corrected chi connectivity index (χ1v) is 12.3. The van der Waals surface area contributed by atoms with Crippen LogP contribution in [0.25, 0.3) is 39.6 Å². The molecule has 0 radical (unpaired) electrons. The Morgan fingerprint density at radius 3 is 1.37 bits per heavy atom. The molecule has 0 saturated carbocycles. The summed E-state index contributed by atoms with van der Waals surface area (Å²) in [6.07, 6.45) is 18.0. The van der Waals surface area contributed by atoms with Gasteiger partial charge in [-0.2, -0.15) is 0 Å². The molecule has 3 nitrogen and oxygen atoms in total. The summed E-state index contributed by atoms with van der Waals surface area (Å²) >= 11 is 0. The maximum Gasteiger partial charge on any atom is 0.168 e. The van der Waals surface area contributed by atoms with Crippen molar-refractivity contribution in [3.05, 3.63) is 126 Å². The van der Waals surface area contributed by atoms with Crippen LogP contribution in [-0.4, -0.2) is 14.8 Å². The first-order chi connectivity index (χ1) is 17.4. The fraction of sp³-hybridized carbons (Fsp3) is 0.125. The Labute approximate surface area is 206 Å². The summed E-state index contributed by atoms with van der Waals surface area (Å²) in [5.74, 6) is 1.68. The molecule has 2 aliphatic rings. The van der Waals surface area contributed by atoms with Crippen molar-refractivity contribution < 1.29 is 0 Å². The average molecular weight is 454 g/mol. The first kappa shape index (κ1) is 21.3. The predicted octanol–water partition coefficient (Wildman–Crippen LogP) is 8.07. The first-order valence-electron chi connectivity index (χ1n) is 12.3. The van der Waals surface area contributed by atoms with E-state index in [1.165, 1.54) is 22.3 Å². The van der Waals surface area contributed by atoms with Crippen LogP contribution in [0.3, 0.4) is 0 Å². The predicted molar refractivity (Wildman–Crippen MR) is 145 cm³/mol. The lowest BCUT2D eigenvalue weighted by molar-refractivity contribution is 1.04. The third kappa shape index (κ3) is 4.33. The molecule has 0 unspecified atom stereocenters. The number of benzene rings is 3. The number of allylic oxidation sites excluding steroid dienone is 8. The normalized spacial score (nSPS) is 15.1. The smallest absolute Gasteiger partial charge is 0.168 e. The van der Waals surface area contributed by atoms with Gasteiger partial charge in [-0.3, -0.25) is 4.57 Å². The molecule has 3 heteroatoms. The Balaban J connectivity index is 1.40. The Kier molecular flexibility index (Phi) is 5.82. The van der Waals surface area contributed by atoms with Gasteiger partial charge in [-0.15, -0.1) is 10.2 Å². The Bertz CT molecular complexity index is 1350. The fourth-order valence-corrected chi connectivity index (χ4v) is 4.76. The van der Waals surface area contributed by atoms with Gasteiger partial charge in [0, 0.05) is 16.8 Å². The van der Waals surface area contributed by atoms with Crippen molar-refractivity contribution in [1.82, 2.24) is 14.8 Å². The van der Waals surface area contributed by atoms with E-state index in [-0.39, 0.29) is 0 Å². The number of para-hydroxylation sites is 1. The Morgan fingerprint density at radius 1 is 0.486 bits per heavy atom. The number of aromatic nitrogens is 3. The SMILES string of the molecule is C1=CC(c2ccc(-c3nnc(-c4ccc(C5=CCCC=C5)cc4)n3-c3ccccc3)cc2)=CCC1. The minimum absolute atomic E-state index is 0.841. The van der Waals surface area contributed by atoms with Gasteiger partial charge in [0.1, 0.15) is 0 Å². The van der Waals surface area contributed by atoms with Gasteiger partial charge in [0.2, 0.25) is 0 Å². The van der Waals surface area contributed by atoms with E-state index < -0.39 is 0 Å². The molecule has 0 bridgehead atoms. The van der Waals surface area contributed by atoms with Gasteiger partial charge >= 0.3 is 0 Å². The standard InChI is InChI=1S/C32H27N3/c1-4-10-24(11-5-1)26-16-20-28(21-17-26)31-33-34-32(35(31)30-14-8-3-9-15-30)29-22-18-27(19-23-29)25-12-6-2-7-13-25/h3-4,6,8-23H,1-2,5,7H2. The summed E-state index contributed by atoms with van der Waals surface area (Å²) in [7, 11) is 0. The Hall–Kier alpha value is -4.24. The molecule has 1 aromatic heterocycles. The number of hydrogen-bond donors (Lipinski definition) is 0. The molecule has 2 aliphatic carbocycles. The molecule has 1 heterocycles. The zero-order valence-corrected chi connectivity index (χ0v) is 19.6. The maximum absolute atomic E-state index is 4.66. The molecule has 0 saturated heterocycles. The van der Waals surface area contributed by atoms with Gasteiger partial charge < -0.3 is 0 Å². The lowest BCUT2D eigenvalue weighted by Gasteiger charge is -2.13. The highest BCUT2D eigenvalue weighted by Crippen LogP contribution is 2.31. The zero-order chi connectivity index (χ0) is 23.5. The van der Waals surface area contributed by atoms with Crippen molar-refractivity contribution in [3.8, 4) is 28.5 Å². The Morgan fingerprint density at radius 2 is 0.943 bits per heavy atom. The molecule has 4 aromatic rings. The van der Waals surface area contributed by atoms with Crippen LogP contribution in [0.4, 0.5) is 0 Å². The summed E-state index contributed by atoms with van der Waals surface area (Å²) < 4.78 is 2.16. The second kappa shape index (κ2) is 9.55. The van der Waals surface area contributed by atoms with Crippen LogP contribution in [0.1, 0.15) is 36.8 Å². The van der Waals surface area contributed by atoms with E-state index in [9.17, 15) is 0 Å². The third-order valence-electron chi connectivity index (χ3n) is 6.62. The van der Waals surface area contributed by atoms with E-state index in [1.807, 2.05) is 6.07 Å². The van der Waals surface area contributed by atoms with Gasteiger partial charge in [-0.05, 0) is 60.1 Å².